The first-order chi connectivity index (χ1) is 12.6. The van der Waals surface area contributed by atoms with Crippen molar-refractivity contribution >= 4 is 5.78 Å². The molecule has 1 fully saturated rings. The Hall–Kier alpha value is -2.21. The van der Waals surface area contributed by atoms with Gasteiger partial charge >= 0.3 is 0 Å². The molecule has 3 rings (SSSR count). The second kappa shape index (κ2) is 7.99. The average molecular weight is 356 g/mol. The van der Waals surface area contributed by atoms with Gasteiger partial charge in [-0.2, -0.15) is 0 Å². The highest BCUT2D eigenvalue weighted by Gasteiger charge is 2.41. The lowest BCUT2D eigenvalue weighted by atomic mass is 9.95. The number of aryl methyl sites for hydroxylation is 1. The molecule has 1 heterocycles. The normalized spacial score (nSPS) is 16.3. The first-order valence-electron chi connectivity index (χ1n) is 8.66. The van der Waals surface area contributed by atoms with Crippen LogP contribution < -0.4 is 4.74 Å². The van der Waals surface area contributed by atoms with Crippen LogP contribution in [0.5, 0.6) is 5.75 Å². The van der Waals surface area contributed by atoms with Crippen LogP contribution in [0.3, 0.4) is 0 Å². The predicted molar refractivity (Wildman–Crippen MR) is 97.5 cm³/mol. The molecule has 0 N–H and O–H groups in total. The number of epoxide rings is 1. The zero-order valence-electron chi connectivity index (χ0n) is 15.4. The second-order valence-electron chi connectivity index (χ2n) is 6.34. The molecule has 138 valence electrons. The minimum absolute atomic E-state index is 0.260. The van der Waals surface area contributed by atoms with Crippen molar-refractivity contribution in [3.8, 4) is 5.75 Å². The number of ketones is 1. The Morgan fingerprint density at radius 1 is 1.08 bits per heavy atom. The fraction of sp³-hybridized carbons (Fsp3) is 0.381. The minimum atomic E-state index is -1.47. The van der Waals surface area contributed by atoms with Gasteiger partial charge in [0.05, 0.1) is 19.3 Å². The molecule has 5 heteroatoms. The number of hydrogen-bond donors (Lipinski definition) is 0. The molecule has 1 aliphatic rings. The summed E-state index contributed by atoms with van der Waals surface area (Å²) < 4.78 is 21.9. The van der Waals surface area contributed by atoms with Crippen molar-refractivity contribution in [1.29, 1.82) is 0 Å². The van der Waals surface area contributed by atoms with E-state index in [1.54, 1.807) is 24.3 Å². The second-order valence-corrected chi connectivity index (χ2v) is 6.34. The van der Waals surface area contributed by atoms with Gasteiger partial charge in [-0.25, -0.2) is 0 Å². The average Bonchev–Trinajstić information content (AvgIpc) is 3.49. The van der Waals surface area contributed by atoms with Gasteiger partial charge in [0, 0.05) is 31.8 Å². The molecule has 2 aromatic rings. The van der Waals surface area contributed by atoms with Crippen LogP contribution in [0.2, 0.25) is 0 Å². The van der Waals surface area contributed by atoms with E-state index in [0.717, 1.165) is 24.3 Å². The lowest BCUT2D eigenvalue weighted by Gasteiger charge is -2.29. The highest BCUT2D eigenvalue weighted by atomic mass is 16.7. The summed E-state index contributed by atoms with van der Waals surface area (Å²) in [6, 6.07) is 14.6. The number of benzene rings is 2. The number of ether oxygens (including phenoxy) is 4. The first kappa shape index (κ1) is 18.6. The van der Waals surface area contributed by atoms with Gasteiger partial charge < -0.3 is 18.9 Å². The number of Topliss-reactive ketones (excluding diaryl/α,β-unsaturated/α-hetero) is 1. The van der Waals surface area contributed by atoms with Crippen molar-refractivity contribution in [2.45, 2.75) is 25.2 Å². The minimum Gasteiger partial charge on any atom is -0.493 e. The Bertz CT molecular complexity index is 728. The van der Waals surface area contributed by atoms with Crippen LogP contribution in [0, 0.1) is 6.92 Å². The Labute approximate surface area is 153 Å². The van der Waals surface area contributed by atoms with Crippen molar-refractivity contribution < 1.29 is 23.7 Å². The summed E-state index contributed by atoms with van der Waals surface area (Å²) in [5.41, 5.74) is 2.25. The number of rotatable bonds is 9. The van der Waals surface area contributed by atoms with Crippen molar-refractivity contribution in [3.63, 3.8) is 0 Å². The molecule has 0 aliphatic carbocycles. The topological polar surface area (TPSA) is 57.3 Å². The molecule has 1 unspecified atom stereocenters. The van der Waals surface area contributed by atoms with Gasteiger partial charge in [-0.15, -0.1) is 0 Å². The standard InChI is InChI=1S/C21H24O5/c1-15-4-8-17(9-5-15)21(23-2,24-3)20(22)16-6-10-18(11-7-16)25-13-12-19-14-26-19/h4-11,19H,12-14H2,1-3H3. The molecular formula is C21H24O5. The summed E-state index contributed by atoms with van der Waals surface area (Å²) in [6.45, 7) is 3.41. The maximum absolute atomic E-state index is 13.1. The zero-order chi connectivity index (χ0) is 18.6. The number of hydrogen-bond acceptors (Lipinski definition) is 5. The highest BCUT2D eigenvalue weighted by Crippen LogP contribution is 2.31. The summed E-state index contributed by atoms with van der Waals surface area (Å²) in [4.78, 5) is 13.1. The van der Waals surface area contributed by atoms with E-state index >= 15 is 0 Å². The van der Waals surface area contributed by atoms with Gasteiger partial charge in [-0.3, -0.25) is 4.79 Å². The monoisotopic (exact) mass is 356 g/mol. The lowest BCUT2D eigenvalue weighted by molar-refractivity contribution is -0.176. The van der Waals surface area contributed by atoms with Crippen LogP contribution in [-0.4, -0.2) is 39.3 Å². The molecule has 26 heavy (non-hydrogen) atoms. The molecule has 0 amide bonds. The van der Waals surface area contributed by atoms with Crippen LogP contribution in [0.15, 0.2) is 48.5 Å². The molecule has 1 saturated heterocycles. The Balaban J connectivity index is 1.76. The summed E-state index contributed by atoms with van der Waals surface area (Å²) in [6.07, 6.45) is 1.22. The number of methoxy groups -OCH3 is 2. The smallest absolute Gasteiger partial charge is 0.260 e. The highest BCUT2D eigenvalue weighted by molar-refractivity contribution is 6.02. The Kier molecular flexibility index (Phi) is 5.71. The SMILES string of the molecule is COC(OC)(C(=O)c1ccc(OCCC2CO2)cc1)c1ccc(C)cc1. The van der Waals surface area contributed by atoms with Crippen LogP contribution in [0.4, 0.5) is 0 Å². The van der Waals surface area contributed by atoms with Gasteiger partial charge in [0.25, 0.3) is 5.79 Å². The first-order valence-corrected chi connectivity index (χ1v) is 8.66. The van der Waals surface area contributed by atoms with Crippen LogP contribution in [-0.2, 0) is 20.0 Å². The number of carbonyl (C=O) groups is 1. The van der Waals surface area contributed by atoms with Crippen molar-refractivity contribution in [2.75, 3.05) is 27.4 Å². The maximum Gasteiger partial charge on any atom is 0.260 e. The molecule has 0 spiro atoms. The fourth-order valence-corrected chi connectivity index (χ4v) is 2.84. The Morgan fingerprint density at radius 2 is 1.69 bits per heavy atom. The Morgan fingerprint density at radius 3 is 2.23 bits per heavy atom. The molecular weight excluding hydrogens is 332 g/mol. The van der Waals surface area contributed by atoms with Gasteiger partial charge in [0.2, 0.25) is 5.78 Å². The lowest BCUT2D eigenvalue weighted by Crippen LogP contribution is -2.40. The summed E-state index contributed by atoms with van der Waals surface area (Å²) in [7, 11) is 2.94. The van der Waals surface area contributed by atoms with E-state index in [2.05, 4.69) is 0 Å². The van der Waals surface area contributed by atoms with Crippen LogP contribution in [0.25, 0.3) is 0 Å². The fourth-order valence-electron chi connectivity index (χ4n) is 2.84. The van der Waals surface area contributed by atoms with Crippen molar-refractivity contribution in [3.05, 3.63) is 65.2 Å². The summed E-state index contributed by atoms with van der Waals surface area (Å²) in [5, 5.41) is 0. The quantitative estimate of drug-likeness (QED) is 0.391. The molecule has 0 radical (unpaired) electrons. The molecule has 0 saturated carbocycles. The number of carbonyl (C=O) groups excluding carboxylic acids is 1. The summed E-state index contributed by atoms with van der Waals surface area (Å²) >= 11 is 0. The van der Waals surface area contributed by atoms with E-state index in [9.17, 15) is 4.79 Å². The molecule has 1 atom stereocenters. The third kappa shape index (κ3) is 3.96. The van der Waals surface area contributed by atoms with E-state index < -0.39 is 5.79 Å². The third-order valence-electron chi connectivity index (χ3n) is 4.53. The largest absolute Gasteiger partial charge is 0.493 e. The summed E-state index contributed by atoms with van der Waals surface area (Å²) in [5.74, 6) is -1.01. The molecule has 1 aliphatic heterocycles. The van der Waals surface area contributed by atoms with Crippen molar-refractivity contribution in [1.82, 2.24) is 0 Å². The van der Waals surface area contributed by atoms with Gasteiger partial charge in [0.15, 0.2) is 0 Å². The van der Waals surface area contributed by atoms with Crippen LogP contribution in [0.1, 0.15) is 27.9 Å². The molecule has 5 nitrogen and oxygen atoms in total. The van der Waals surface area contributed by atoms with E-state index in [-0.39, 0.29) is 5.78 Å². The molecule has 0 aromatic heterocycles. The van der Waals surface area contributed by atoms with Gasteiger partial charge in [-0.05, 0) is 31.2 Å². The van der Waals surface area contributed by atoms with E-state index in [1.165, 1.54) is 14.2 Å². The van der Waals surface area contributed by atoms with Gasteiger partial charge in [-0.1, -0.05) is 29.8 Å². The molecule has 2 aromatic carbocycles. The predicted octanol–water partition coefficient (Wildman–Crippen LogP) is 3.49. The molecule has 0 bridgehead atoms. The third-order valence-corrected chi connectivity index (χ3v) is 4.53. The van der Waals surface area contributed by atoms with Crippen molar-refractivity contribution in [2.24, 2.45) is 0 Å². The van der Waals surface area contributed by atoms with Gasteiger partial charge in [0.1, 0.15) is 5.75 Å². The van der Waals surface area contributed by atoms with E-state index in [1.807, 2.05) is 31.2 Å². The zero-order valence-corrected chi connectivity index (χ0v) is 15.4. The van der Waals surface area contributed by atoms with Crippen LogP contribution >= 0.6 is 0 Å². The maximum atomic E-state index is 13.1. The van der Waals surface area contributed by atoms with E-state index in [0.29, 0.717) is 23.8 Å². The van der Waals surface area contributed by atoms with E-state index in [4.69, 9.17) is 18.9 Å².